The van der Waals surface area contributed by atoms with Gasteiger partial charge < -0.3 is 9.64 Å². The summed E-state index contributed by atoms with van der Waals surface area (Å²) in [5.41, 5.74) is 0. The van der Waals surface area contributed by atoms with Gasteiger partial charge in [0.2, 0.25) is 0 Å². The Bertz CT molecular complexity index is 403. The van der Waals surface area contributed by atoms with Crippen molar-refractivity contribution >= 4 is 33.3 Å². The Morgan fingerprint density at radius 3 is 3.17 bits per heavy atom. The van der Waals surface area contributed by atoms with Gasteiger partial charge in [-0.15, -0.1) is 0 Å². The molecule has 1 unspecified atom stereocenters. The Balaban J connectivity index is 2.03. The normalized spacial score (nSPS) is 20.2. The molecule has 1 aromatic heterocycles. The van der Waals surface area contributed by atoms with Crippen LogP contribution in [0.5, 0.6) is 0 Å². The molecular weight excluding hydrogens is 316 g/mol. The van der Waals surface area contributed by atoms with Crippen molar-refractivity contribution in [2.24, 2.45) is 0 Å². The number of hydrogen-bond acceptors (Lipinski definition) is 3. The molecule has 1 aromatic rings. The van der Waals surface area contributed by atoms with Crippen LogP contribution in [0, 0.1) is 0 Å². The number of rotatable bonds is 4. The second-order valence-corrected chi connectivity index (χ2v) is 5.86. The van der Waals surface area contributed by atoms with Crippen LogP contribution in [0.1, 0.15) is 26.2 Å². The van der Waals surface area contributed by atoms with Gasteiger partial charge in [-0.25, -0.2) is 4.98 Å². The van der Waals surface area contributed by atoms with E-state index in [9.17, 15) is 0 Å². The molecule has 1 fully saturated rings. The van der Waals surface area contributed by atoms with E-state index in [-0.39, 0.29) is 0 Å². The minimum atomic E-state index is 0.306. The van der Waals surface area contributed by atoms with Crippen LogP contribution in [-0.2, 0) is 4.74 Å². The number of nitrogens with zero attached hydrogens (tertiary/aromatic N) is 2. The van der Waals surface area contributed by atoms with E-state index in [1.54, 1.807) is 6.20 Å². The van der Waals surface area contributed by atoms with Gasteiger partial charge >= 0.3 is 0 Å². The van der Waals surface area contributed by atoms with Crippen LogP contribution < -0.4 is 4.90 Å². The van der Waals surface area contributed by atoms with E-state index in [1.807, 2.05) is 6.07 Å². The van der Waals surface area contributed by atoms with Gasteiger partial charge in [-0.3, -0.25) is 0 Å². The molecule has 1 atom stereocenters. The van der Waals surface area contributed by atoms with E-state index >= 15 is 0 Å². The molecule has 0 N–H and O–H groups in total. The van der Waals surface area contributed by atoms with E-state index in [0.29, 0.717) is 11.1 Å². The minimum Gasteiger partial charge on any atom is -0.376 e. The van der Waals surface area contributed by atoms with Crippen molar-refractivity contribution in [3.8, 4) is 0 Å². The molecule has 0 aromatic carbocycles. The second-order valence-electron chi connectivity index (χ2n) is 4.54. The van der Waals surface area contributed by atoms with Crippen LogP contribution >= 0.6 is 27.5 Å². The molecule has 1 aliphatic heterocycles. The fraction of sp³-hybridized carbons (Fsp3) is 0.615. The van der Waals surface area contributed by atoms with Gasteiger partial charge in [-0.1, -0.05) is 18.5 Å². The Labute approximate surface area is 122 Å². The summed E-state index contributed by atoms with van der Waals surface area (Å²) in [5, 5.41) is 0.695. The number of halogens is 2. The molecule has 0 aliphatic carbocycles. The van der Waals surface area contributed by atoms with Gasteiger partial charge in [0.25, 0.3) is 0 Å². The molecule has 0 bridgehead atoms. The number of pyridine rings is 1. The third kappa shape index (κ3) is 3.59. The quantitative estimate of drug-likeness (QED) is 0.836. The van der Waals surface area contributed by atoms with Crippen molar-refractivity contribution in [3.05, 3.63) is 21.8 Å². The standard InChI is InChI=1S/C13H18BrClN2O/c1-2-6-18-11-4-3-5-17(9-11)13-12(15)7-10(14)8-16-13/h7-8,11H,2-6,9H2,1H3. The second kappa shape index (κ2) is 6.73. The number of ether oxygens (including phenoxy) is 1. The maximum absolute atomic E-state index is 6.24. The van der Waals surface area contributed by atoms with E-state index in [4.69, 9.17) is 16.3 Å². The summed E-state index contributed by atoms with van der Waals surface area (Å²) >= 11 is 9.62. The van der Waals surface area contributed by atoms with Crippen LogP contribution in [0.4, 0.5) is 5.82 Å². The highest BCUT2D eigenvalue weighted by Crippen LogP contribution is 2.28. The van der Waals surface area contributed by atoms with E-state index in [2.05, 4.69) is 32.7 Å². The van der Waals surface area contributed by atoms with Crippen LogP contribution in [0.25, 0.3) is 0 Å². The number of anilines is 1. The third-order valence-corrected chi connectivity index (χ3v) is 3.74. The van der Waals surface area contributed by atoms with Crippen molar-refractivity contribution in [2.45, 2.75) is 32.3 Å². The maximum atomic E-state index is 6.24. The average molecular weight is 334 g/mol. The monoisotopic (exact) mass is 332 g/mol. The molecule has 18 heavy (non-hydrogen) atoms. The lowest BCUT2D eigenvalue weighted by Gasteiger charge is -2.33. The van der Waals surface area contributed by atoms with E-state index < -0.39 is 0 Å². The summed E-state index contributed by atoms with van der Waals surface area (Å²) in [5.74, 6) is 0.865. The summed E-state index contributed by atoms with van der Waals surface area (Å²) in [6, 6.07) is 1.89. The molecule has 100 valence electrons. The highest BCUT2D eigenvalue weighted by atomic mass is 79.9. The summed E-state index contributed by atoms with van der Waals surface area (Å²) < 4.78 is 6.73. The molecule has 2 heterocycles. The van der Waals surface area contributed by atoms with Crippen molar-refractivity contribution in [3.63, 3.8) is 0 Å². The fourth-order valence-corrected chi connectivity index (χ4v) is 2.94. The smallest absolute Gasteiger partial charge is 0.147 e. The molecule has 3 nitrogen and oxygen atoms in total. The fourth-order valence-electron chi connectivity index (χ4n) is 2.19. The number of hydrogen-bond donors (Lipinski definition) is 0. The first-order chi connectivity index (χ1) is 8.70. The predicted molar refractivity (Wildman–Crippen MR) is 78.4 cm³/mol. The zero-order valence-electron chi connectivity index (χ0n) is 10.5. The highest BCUT2D eigenvalue weighted by Gasteiger charge is 2.22. The molecule has 0 radical (unpaired) electrons. The van der Waals surface area contributed by atoms with E-state index in [1.165, 1.54) is 0 Å². The van der Waals surface area contributed by atoms with Gasteiger partial charge in [-0.2, -0.15) is 0 Å². The zero-order valence-corrected chi connectivity index (χ0v) is 12.9. The van der Waals surface area contributed by atoms with Crippen LogP contribution in [0.2, 0.25) is 5.02 Å². The Morgan fingerprint density at radius 1 is 1.61 bits per heavy atom. The highest BCUT2D eigenvalue weighted by molar-refractivity contribution is 9.10. The Morgan fingerprint density at radius 2 is 2.44 bits per heavy atom. The number of piperidine rings is 1. The lowest BCUT2D eigenvalue weighted by molar-refractivity contribution is 0.0439. The van der Waals surface area contributed by atoms with Gasteiger partial charge in [0, 0.05) is 30.4 Å². The lowest BCUT2D eigenvalue weighted by Crippen LogP contribution is -2.40. The first-order valence-electron chi connectivity index (χ1n) is 6.38. The summed E-state index contributed by atoms with van der Waals surface area (Å²) in [7, 11) is 0. The van der Waals surface area contributed by atoms with Gasteiger partial charge in [-0.05, 0) is 41.3 Å². The van der Waals surface area contributed by atoms with Gasteiger partial charge in [0.1, 0.15) is 5.82 Å². The molecule has 1 saturated heterocycles. The molecule has 5 heteroatoms. The minimum absolute atomic E-state index is 0.306. The summed E-state index contributed by atoms with van der Waals surface area (Å²) in [6.07, 6.45) is 5.42. The molecule has 1 aliphatic rings. The molecule has 2 rings (SSSR count). The largest absolute Gasteiger partial charge is 0.376 e. The lowest BCUT2D eigenvalue weighted by atomic mass is 10.1. The van der Waals surface area contributed by atoms with Crippen molar-refractivity contribution < 1.29 is 4.74 Å². The van der Waals surface area contributed by atoms with Crippen molar-refractivity contribution in [2.75, 3.05) is 24.6 Å². The summed E-state index contributed by atoms with van der Waals surface area (Å²) in [6.45, 7) is 4.85. The Hall–Kier alpha value is -0.320. The topological polar surface area (TPSA) is 25.4 Å². The van der Waals surface area contributed by atoms with Crippen LogP contribution in [-0.4, -0.2) is 30.8 Å². The molecule has 0 spiro atoms. The molecule has 0 saturated carbocycles. The van der Waals surface area contributed by atoms with Crippen LogP contribution in [0.15, 0.2) is 16.7 Å². The summed E-state index contributed by atoms with van der Waals surface area (Å²) in [4.78, 5) is 6.63. The first kappa shape index (κ1) is 14.1. The maximum Gasteiger partial charge on any atom is 0.147 e. The molecule has 0 amide bonds. The molecular formula is C13H18BrClN2O. The SMILES string of the molecule is CCCOC1CCCN(c2ncc(Br)cc2Cl)C1. The third-order valence-electron chi connectivity index (χ3n) is 3.02. The predicted octanol–water partition coefficient (Wildman–Crippen LogP) is 3.89. The van der Waals surface area contributed by atoms with Crippen molar-refractivity contribution in [1.82, 2.24) is 4.98 Å². The van der Waals surface area contributed by atoms with E-state index in [0.717, 1.165) is 49.2 Å². The van der Waals surface area contributed by atoms with Gasteiger partial charge in [0.05, 0.1) is 11.1 Å². The average Bonchev–Trinajstić information content (AvgIpc) is 2.36. The van der Waals surface area contributed by atoms with Gasteiger partial charge in [0.15, 0.2) is 0 Å². The van der Waals surface area contributed by atoms with Crippen molar-refractivity contribution in [1.29, 1.82) is 0 Å². The first-order valence-corrected chi connectivity index (χ1v) is 7.55. The Kier molecular flexibility index (Phi) is 5.27. The number of aromatic nitrogens is 1. The zero-order chi connectivity index (χ0) is 13.0. The van der Waals surface area contributed by atoms with Crippen LogP contribution in [0.3, 0.4) is 0 Å².